The van der Waals surface area contributed by atoms with E-state index in [9.17, 15) is 4.79 Å². The third-order valence-electron chi connectivity index (χ3n) is 3.05. The lowest BCUT2D eigenvalue weighted by Gasteiger charge is -2.34. The predicted octanol–water partition coefficient (Wildman–Crippen LogP) is 2.88. The zero-order chi connectivity index (χ0) is 12.3. The normalized spacial score (nSPS) is 20.4. The van der Waals surface area contributed by atoms with Crippen LogP contribution in [0.25, 0.3) is 0 Å². The maximum atomic E-state index is 11.1. The largest absolute Gasteiger partial charge is 0.375 e. The Morgan fingerprint density at radius 3 is 3.12 bits per heavy atom. The fourth-order valence-corrected chi connectivity index (χ4v) is 2.42. The monoisotopic (exact) mass is 297 g/mol. The first kappa shape index (κ1) is 12.6. The first-order chi connectivity index (χ1) is 8.24. The fraction of sp³-hybridized carbons (Fsp3) is 0.462. The Morgan fingerprint density at radius 1 is 1.59 bits per heavy atom. The number of rotatable bonds is 3. The van der Waals surface area contributed by atoms with Gasteiger partial charge in [0.25, 0.3) is 0 Å². The van der Waals surface area contributed by atoms with Crippen molar-refractivity contribution in [3.63, 3.8) is 0 Å². The van der Waals surface area contributed by atoms with Gasteiger partial charge in [-0.15, -0.1) is 0 Å². The van der Waals surface area contributed by atoms with Crippen molar-refractivity contribution >= 4 is 27.9 Å². The van der Waals surface area contributed by atoms with E-state index in [1.165, 1.54) is 0 Å². The van der Waals surface area contributed by atoms with Gasteiger partial charge in [-0.05, 0) is 24.6 Å². The van der Waals surface area contributed by atoms with Crippen molar-refractivity contribution in [1.29, 1.82) is 0 Å². The molecule has 0 aromatic heterocycles. The van der Waals surface area contributed by atoms with Gasteiger partial charge in [0.15, 0.2) is 6.29 Å². The van der Waals surface area contributed by atoms with Crippen molar-refractivity contribution in [3.8, 4) is 0 Å². The average molecular weight is 298 g/mol. The lowest BCUT2D eigenvalue weighted by atomic mass is 10.1. The highest BCUT2D eigenvalue weighted by Gasteiger charge is 2.21. The smallest absolute Gasteiger partial charge is 0.152 e. The summed E-state index contributed by atoms with van der Waals surface area (Å²) in [5.74, 6) is 0. The quantitative estimate of drug-likeness (QED) is 0.804. The Bertz CT molecular complexity index is 408. The first-order valence-corrected chi connectivity index (χ1v) is 6.65. The van der Waals surface area contributed by atoms with Crippen molar-refractivity contribution in [2.45, 2.75) is 19.4 Å². The van der Waals surface area contributed by atoms with Gasteiger partial charge in [-0.2, -0.15) is 0 Å². The van der Waals surface area contributed by atoms with E-state index in [1.54, 1.807) is 0 Å². The number of carbonyl (C=O) groups is 1. The molecule has 92 valence electrons. The summed E-state index contributed by atoms with van der Waals surface area (Å²) < 4.78 is 6.64. The van der Waals surface area contributed by atoms with Crippen molar-refractivity contribution in [1.82, 2.24) is 0 Å². The summed E-state index contributed by atoms with van der Waals surface area (Å²) in [5, 5.41) is 0. The average Bonchev–Trinajstić information content (AvgIpc) is 2.39. The number of carbonyl (C=O) groups excluding carboxylic acids is 1. The maximum Gasteiger partial charge on any atom is 0.152 e. The standard InChI is InChI=1S/C13H16BrNO2/c1-2-12-8-15(5-6-17-12)13-7-11(14)4-3-10(13)9-16/h3-4,7,9,12H,2,5-6,8H2,1H3. The molecule has 0 radical (unpaired) electrons. The zero-order valence-electron chi connectivity index (χ0n) is 9.86. The molecule has 0 aliphatic carbocycles. The van der Waals surface area contributed by atoms with Gasteiger partial charge >= 0.3 is 0 Å². The van der Waals surface area contributed by atoms with Gasteiger partial charge in [0, 0.05) is 28.8 Å². The number of ether oxygens (including phenoxy) is 1. The molecule has 1 aliphatic heterocycles. The molecule has 1 saturated heterocycles. The molecule has 4 heteroatoms. The van der Waals surface area contributed by atoms with Crippen LogP contribution >= 0.6 is 15.9 Å². The predicted molar refractivity (Wildman–Crippen MR) is 71.8 cm³/mol. The number of benzene rings is 1. The second kappa shape index (κ2) is 5.65. The van der Waals surface area contributed by atoms with Gasteiger partial charge in [0.1, 0.15) is 0 Å². The highest BCUT2D eigenvalue weighted by Crippen LogP contribution is 2.26. The van der Waals surface area contributed by atoms with Crippen LogP contribution in [0.15, 0.2) is 22.7 Å². The van der Waals surface area contributed by atoms with E-state index in [0.29, 0.717) is 0 Å². The topological polar surface area (TPSA) is 29.5 Å². The van der Waals surface area contributed by atoms with Crippen molar-refractivity contribution in [2.75, 3.05) is 24.6 Å². The summed E-state index contributed by atoms with van der Waals surface area (Å²) >= 11 is 3.45. The third-order valence-corrected chi connectivity index (χ3v) is 3.55. The Balaban J connectivity index is 2.25. The molecule has 3 nitrogen and oxygen atoms in total. The minimum absolute atomic E-state index is 0.266. The molecule has 1 aromatic carbocycles. The van der Waals surface area contributed by atoms with Crippen LogP contribution in [-0.4, -0.2) is 32.1 Å². The molecule has 1 fully saturated rings. The summed E-state index contributed by atoms with van der Waals surface area (Å²) in [6.45, 7) is 4.54. The second-order valence-corrected chi connectivity index (χ2v) is 5.08. The summed E-state index contributed by atoms with van der Waals surface area (Å²) in [6, 6.07) is 5.75. The molecule has 1 aliphatic rings. The van der Waals surface area contributed by atoms with Gasteiger partial charge < -0.3 is 9.64 Å². The Morgan fingerprint density at radius 2 is 2.41 bits per heavy atom. The van der Waals surface area contributed by atoms with Crippen LogP contribution in [0.5, 0.6) is 0 Å². The van der Waals surface area contributed by atoms with E-state index in [2.05, 4.69) is 27.8 Å². The summed E-state index contributed by atoms with van der Waals surface area (Å²) in [5.41, 5.74) is 1.74. The fourth-order valence-electron chi connectivity index (χ4n) is 2.08. The van der Waals surface area contributed by atoms with E-state index in [4.69, 9.17) is 4.74 Å². The highest BCUT2D eigenvalue weighted by molar-refractivity contribution is 9.10. The van der Waals surface area contributed by atoms with Crippen LogP contribution in [-0.2, 0) is 4.74 Å². The van der Waals surface area contributed by atoms with E-state index in [-0.39, 0.29) is 6.10 Å². The minimum atomic E-state index is 0.266. The van der Waals surface area contributed by atoms with Crippen LogP contribution < -0.4 is 4.90 Å². The number of aldehydes is 1. The van der Waals surface area contributed by atoms with Crippen LogP contribution in [0, 0.1) is 0 Å². The van der Waals surface area contributed by atoms with Gasteiger partial charge in [0.05, 0.1) is 12.7 Å². The minimum Gasteiger partial charge on any atom is -0.375 e. The molecule has 0 N–H and O–H groups in total. The van der Waals surface area contributed by atoms with Crippen molar-refractivity contribution in [2.24, 2.45) is 0 Å². The lowest BCUT2D eigenvalue weighted by Crippen LogP contribution is -2.42. The Hall–Kier alpha value is -0.870. The summed E-state index contributed by atoms with van der Waals surface area (Å²) in [6.07, 6.45) is 2.18. The Labute approximate surface area is 110 Å². The molecule has 17 heavy (non-hydrogen) atoms. The number of hydrogen-bond donors (Lipinski definition) is 0. The number of nitrogens with zero attached hydrogens (tertiary/aromatic N) is 1. The molecule has 0 spiro atoms. The van der Waals surface area contributed by atoms with Crippen LogP contribution in [0.4, 0.5) is 5.69 Å². The van der Waals surface area contributed by atoms with Gasteiger partial charge in [-0.1, -0.05) is 22.9 Å². The SMILES string of the molecule is CCC1CN(c2cc(Br)ccc2C=O)CCO1. The molecular weight excluding hydrogens is 282 g/mol. The second-order valence-electron chi connectivity index (χ2n) is 4.17. The van der Waals surface area contributed by atoms with E-state index in [1.807, 2.05) is 18.2 Å². The molecule has 0 saturated carbocycles. The Kier molecular flexibility index (Phi) is 4.18. The molecular formula is C13H16BrNO2. The molecule has 1 heterocycles. The molecule has 0 bridgehead atoms. The van der Waals surface area contributed by atoms with Crippen LogP contribution in [0.3, 0.4) is 0 Å². The van der Waals surface area contributed by atoms with Crippen molar-refractivity contribution < 1.29 is 9.53 Å². The zero-order valence-corrected chi connectivity index (χ0v) is 11.4. The number of halogens is 1. The summed E-state index contributed by atoms with van der Waals surface area (Å²) in [7, 11) is 0. The molecule has 1 unspecified atom stereocenters. The first-order valence-electron chi connectivity index (χ1n) is 5.86. The molecule has 1 aromatic rings. The molecule has 0 amide bonds. The van der Waals surface area contributed by atoms with E-state index in [0.717, 1.165) is 48.1 Å². The molecule has 2 rings (SSSR count). The number of hydrogen-bond acceptors (Lipinski definition) is 3. The third kappa shape index (κ3) is 2.87. The highest BCUT2D eigenvalue weighted by atomic mass is 79.9. The molecule has 1 atom stereocenters. The number of anilines is 1. The van der Waals surface area contributed by atoms with Gasteiger partial charge in [0.2, 0.25) is 0 Å². The maximum absolute atomic E-state index is 11.1. The van der Waals surface area contributed by atoms with E-state index >= 15 is 0 Å². The number of morpholine rings is 1. The van der Waals surface area contributed by atoms with Crippen LogP contribution in [0.2, 0.25) is 0 Å². The lowest BCUT2D eigenvalue weighted by molar-refractivity contribution is 0.0384. The van der Waals surface area contributed by atoms with Gasteiger partial charge in [-0.3, -0.25) is 4.79 Å². The summed E-state index contributed by atoms with van der Waals surface area (Å²) in [4.78, 5) is 13.3. The van der Waals surface area contributed by atoms with Gasteiger partial charge in [-0.25, -0.2) is 0 Å². The van der Waals surface area contributed by atoms with Crippen molar-refractivity contribution in [3.05, 3.63) is 28.2 Å². The van der Waals surface area contributed by atoms with E-state index < -0.39 is 0 Å². The van der Waals surface area contributed by atoms with Crippen LogP contribution in [0.1, 0.15) is 23.7 Å².